The standard InChI is InChI=1S/C11H17N3/c1-14-11(12)6-9(13-14)4-7-2-3-8-5-10(7)8/h6-8,10H,2-5,12H2,1H3. The van der Waals surface area contributed by atoms with Gasteiger partial charge in [0.1, 0.15) is 5.82 Å². The van der Waals surface area contributed by atoms with E-state index in [1.54, 1.807) is 4.68 Å². The van der Waals surface area contributed by atoms with Crippen molar-refractivity contribution in [2.24, 2.45) is 24.8 Å². The number of aryl methyl sites for hydroxylation is 1. The van der Waals surface area contributed by atoms with Crippen LogP contribution in [0.5, 0.6) is 0 Å². The number of anilines is 1. The smallest absolute Gasteiger partial charge is 0.121 e. The van der Waals surface area contributed by atoms with Crippen molar-refractivity contribution in [2.75, 3.05) is 5.73 Å². The molecule has 14 heavy (non-hydrogen) atoms. The van der Waals surface area contributed by atoms with Crippen molar-refractivity contribution in [1.29, 1.82) is 0 Å². The number of aromatic nitrogens is 2. The second-order valence-corrected chi connectivity index (χ2v) is 4.89. The molecular weight excluding hydrogens is 174 g/mol. The molecule has 0 spiro atoms. The van der Waals surface area contributed by atoms with E-state index in [-0.39, 0.29) is 0 Å². The number of nitrogens with two attached hydrogens (primary N) is 1. The summed E-state index contributed by atoms with van der Waals surface area (Å²) in [4.78, 5) is 0. The third kappa shape index (κ3) is 1.22. The normalized spacial score (nSPS) is 34.5. The molecule has 76 valence electrons. The molecule has 3 heteroatoms. The minimum absolute atomic E-state index is 0.783. The van der Waals surface area contributed by atoms with E-state index in [2.05, 4.69) is 5.10 Å². The van der Waals surface area contributed by atoms with Gasteiger partial charge in [-0.1, -0.05) is 0 Å². The summed E-state index contributed by atoms with van der Waals surface area (Å²) >= 11 is 0. The molecule has 3 rings (SSSR count). The highest BCUT2D eigenvalue weighted by molar-refractivity contribution is 5.30. The molecule has 2 saturated carbocycles. The summed E-state index contributed by atoms with van der Waals surface area (Å²) in [7, 11) is 1.91. The van der Waals surface area contributed by atoms with E-state index in [1.165, 1.54) is 25.0 Å². The zero-order valence-corrected chi connectivity index (χ0v) is 8.61. The molecule has 0 saturated heterocycles. The molecule has 0 aliphatic heterocycles. The van der Waals surface area contributed by atoms with Crippen LogP contribution >= 0.6 is 0 Å². The van der Waals surface area contributed by atoms with Gasteiger partial charge >= 0.3 is 0 Å². The highest BCUT2D eigenvalue weighted by Gasteiger charge is 2.47. The fourth-order valence-corrected chi connectivity index (χ4v) is 2.99. The predicted octanol–water partition coefficient (Wildman–Crippen LogP) is 1.59. The van der Waals surface area contributed by atoms with Gasteiger partial charge in [0.15, 0.2) is 0 Å². The van der Waals surface area contributed by atoms with E-state index in [0.29, 0.717) is 0 Å². The van der Waals surface area contributed by atoms with E-state index in [4.69, 9.17) is 5.73 Å². The number of hydrogen-bond donors (Lipinski definition) is 1. The number of nitrogen functional groups attached to an aromatic ring is 1. The molecule has 2 aliphatic carbocycles. The average molecular weight is 191 g/mol. The van der Waals surface area contributed by atoms with Crippen molar-refractivity contribution in [3.05, 3.63) is 11.8 Å². The summed E-state index contributed by atoms with van der Waals surface area (Å²) in [5.74, 6) is 3.78. The zero-order valence-electron chi connectivity index (χ0n) is 8.61. The summed E-state index contributed by atoms with van der Waals surface area (Å²) in [6, 6.07) is 2.02. The molecule has 0 bridgehead atoms. The van der Waals surface area contributed by atoms with Crippen molar-refractivity contribution in [1.82, 2.24) is 9.78 Å². The lowest BCUT2D eigenvalue weighted by Crippen LogP contribution is -2.04. The van der Waals surface area contributed by atoms with Gasteiger partial charge in [-0.05, 0) is 43.4 Å². The first-order valence-corrected chi connectivity index (χ1v) is 5.52. The van der Waals surface area contributed by atoms with Crippen LogP contribution in [0.3, 0.4) is 0 Å². The summed E-state index contributed by atoms with van der Waals surface area (Å²) in [6.07, 6.45) is 5.49. The Kier molecular flexibility index (Phi) is 1.64. The van der Waals surface area contributed by atoms with Gasteiger partial charge in [-0.15, -0.1) is 0 Å². The van der Waals surface area contributed by atoms with E-state index in [9.17, 15) is 0 Å². The van der Waals surface area contributed by atoms with Crippen LogP contribution in [0.25, 0.3) is 0 Å². The predicted molar refractivity (Wildman–Crippen MR) is 55.6 cm³/mol. The lowest BCUT2D eigenvalue weighted by molar-refractivity contribution is 0.470. The quantitative estimate of drug-likeness (QED) is 0.771. The van der Waals surface area contributed by atoms with Crippen LogP contribution in [-0.2, 0) is 13.5 Å². The monoisotopic (exact) mass is 191 g/mol. The van der Waals surface area contributed by atoms with E-state index in [0.717, 1.165) is 30.0 Å². The fourth-order valence-electron chi connectivity index (χ4n) is 2.99. The maximum atomic E-state index is 5.76. The van der Waals surface area contributed by atoms with Gasteiger partial charge in [0.2, 0.25) is 0 Å². The molecule has 0 radical (unpaired) electrons. The Hall–Kier alpha value is -0.990. The number of nitrogens with zero attached hydrogens (tertiary/aromatic N) is 2. The molecule has 3 unspecified atom stereocenters. The Bertz CT molecular complexity index is 336. The minimum atomic E-state index is 0.783. The lowest BCUT2D eigenvalue weighted by atomic mass is 9.98. The average Bonchev–Trinajstić information content (AvgIpc) is 2.73. The largest absolute Gasteiger partial charge is 0.384 e. The second-order valence-electron chi connectivity index (χ2n) is 4.89. The Balaban J connectivity index is 1.71. The summed E-state index contributed by atoms with van der Waals surface area (Å²) in [5, 5.41) is 4.42. The van der Waals surface area contributed by atoms with E-state index in [1.807, 2.05) is 13.1 Å². The molecule has 1 aromatic rings. The third-order valence-electron chi connectivity index (χ3n) is 3.93. The Morgan fingerprint density at radius 3 is 2.93 bits per heavy atom. The molecule has 1 aromatic heterocycles. The van der Waals surface area contributed by atoms with Crippen LogP contribution in [-0.4, -0.2) is 9.78 Å². The first-order valence-electron chi connectivity index (χ1n) is 5.52. The van der Waals surface area contributed by atoms with Gasteiger partial charge < -0.3 is 5.73 Å². The van der Waals surface area contributed by atoms with Crippen molar-refractivity contribution in [3.8, 4) is 0 Å². The number of fused-ring (bicyclic) bond motifs is 1. The molecule has 1 heterocycles. The topological polar surface area (TPSA) is 43.8 Å². The summed E-state index contributed by atoms with van der Waals surface area (Å²) in [6.45, 7) is 0. The molecule has 0 amide bonds. The molecule has 2 fully saturated rings. The number of hydrogen-bond acceptors (Lipinski definition) is 2. The van der Waals surface area contributed by atoms with Crippen molar-refractivity contribution >= 4 is 5.82 Å². The van der Waals surface area contributed by atoms with E-state index < -0.39 is 0 Å². The van der Waals surface area contributed by atoms with Gasteiger partial charge in [-0.25, -0.2) is 0 Å². The first kappa shape index (κ1) is 8.33. The van der Waals surface area contributed by atoms with Crippen LogP contribution in [0.1, 0.15) is 25.0 Å². The highest BCUT2D eigenvalue weighted by atomic mass is 15.3. The van der Waals surface area contributed by atoms with Crippen LogP contribution in [0.4, 0.5) is 5.82 Å². The number of rotatable bonds is 2. The van der Waals surface area contributed by atoms with Crippen LogP contribution in [0.2, 0.25) is 0 Å². The Morgan fingerprint density at radius 2 is 2.43 bits per heavy atom. The van der Waals surface area contributed by atoms with Gasteiger partial charge in [0.05, 0.1) is 5.69 Å². The zero-order chi connectivity index (χ0) is 9.71. The van der Waals surface area contributed by atoms with Gasteiger partial charge in [-0.2, -0.15) is 5.10 Å². The van der Waals surface area contributed by atoms with Gasteiger partial charge in [0.25, 0.3) is 0 Å². The maximum Gasteiger partial charge on any atom is 0.121 e. The molecule has 3 atom stereocenters. The maximum absolute atomic E-state index is 5.76. The van der Waals surface area contributed by atoms with Crippen molar-refractivity contribution < 1.29 is 0 Å². The van der Waals surface area contributed by atoms with Crippen LogP contribution in [0.15, 0.2) is 6.07 Å². The minimum Gasteiger partial charge on any atom is -0.384 e. The van der Waals surface area contributed by atoms with Gasteiger partial charge in [-0.3, -0.25) is 4.68 Å². The second kappa shape index (κ2) is 2.75. The molecule has 2 aliphatic rings. The Morgan fingerprint density at radius 1 is 1.57 bits per heavy atom. The summed E-state index contributed by atoms with van der Waals surface area (Å²) in [5.41, 5.74) is 6.94. The SMILES string of the molecule is Cn1nc(CC2CCC3CC23)cc1N. The van der Waals surface area contributed by atoms with Crippen LogP contribution < -0.4 is 5.73 Å². The fraction of sp³-hybridized carbons (Fsp3) is 0.727. The first-order chi connectivity index (χ1) is 6.74. The Labute approximate surface area is 84.3 Å². The molecular formula is C11H17N3. The van der Waals surface area contributed by atoms with Gasteiger partial charge in [0, 0.05) is 13.1 Å². The molecule has 2 N–H and O–H groups in total. The molecule has 0 aromatic carbocycles. The summed E-state index contributed by atoms with van der Waals surface area (Å²) < 4.78 is 1.77. The van der Waals surface area contributed by atoms with Crippen molar-refractivity contribution in [2.45, 2.75) is 25.7 Å². The van der Waals surface area contributed by atoms with E-state index >= 15 is 0 Å². The lowest BCUT2D eigenvalue weighted by Gasteiger charge is -2.08. The molecule has 3 nitrogen and oxygen atoms in total. The van der Waals surface area contributed by atoms with Crippen LogP contribution in [0, 0.1) is 17.8 Å². The third-order valence-corrected chi connectivity index (χ3v) is 3.93. The van der Waals surface area contributed by atoms with Crippen molar-refractivity contribution in [3.63, 3.8) is 0 Å². The highest BCUT2D eigenvalue weighted by Crippen LogP contribution is 2.56.